The highest BCUT2D eigenvalue weighted by Crippen LogP contribution is 2.29. The number of nitrogens with one attached hydrogen (secondary N) is 1. The zero-order valence-corrected chi connectivity index (χ0v) is 14.0. The highest BCUT2D eigenvalue weighted by Gasteiger charge is 2.07. The minimum absolute atomic E-state index is 0.00128. The number of hydrogen-bond acceptors (Lipinski definition) is 5. The van der Waals surface area contributed by atoms with Crippen molar-refractivity contribution in [3.8, 4) is 23.3 Å². The number of amides is 1. The van der Waals surface area contributed by atoms with Crippen LogP contribution in [0.5, 0.6) is 17.2 Å². The van der Waals surface area contributed by atoms with E-state index in [1.165, 1.54) is 13.2 Å². The maximum atomic E-state index is 12.1. The smallest absolute Gasteiger partial charge is 0.248 e. The van der Waals surface area contributed by atoms with E-state index >= 15 is 0 Å². The van der Waals surface area contributed by atoms with Crippen LogP contribution in [0, 0.1) is 11.3 Å². The largest absolute Gasteiger partial charge is 0.497 e. The van der Waals surface area contributed by atoms with Gasteiger partial charge in [-0.3, -0.25) is 4.79 Å². The van der Waals surface area contributed by atoms with Crippen molar-refractivity contribution in [2.75, 3.05) is 26.1 Å². The lowest BCUT2D eigenvalue weighted by Crippen LogP contribution is -2.09. The summed E-state index contributed by atoms with van der Waals surface area (Å²) in [7, 11) is 3.09. The summed E-state index contributed by atoms with van der Waals surface area (Å²) in [6.07, 6.45) is 3.11. The number of carbonyl (C=O) groups excluding carboxylic acids is 1. The highest BCUT2D eigenvalue weighted by atomic mass is 16.5. The first-order valence-corrected chi connectivity index (χ1v) is 7.47. The highest BCUT2D eigenvalue weighted by molar-refractivity contribution is 6.02. The molecule has 0 aliphatic rings. The lowest BCUT2D eigenvalue weighted by Gasteiger charge is -2.10. The van der Waals surface area contributed by atoms with E-state index in [-0.39, 0.29) is 12.5 Å². The second-order valence-corrected chi connectivity index (χ2v) is 4.90. The lowest BCUT2D eigenvalue weighted by atomic mass is 10.2. The van der Waals surface area contributed by atoms with Crippen LogP contribution >= 0.6 is 0 Å². The van der Waals surface area contributed by atoms with Crippen molar-refractivity contribution in [1.29, 1.82) is 5.26 Å². The third kappa shape index (κ3) is 5.29. The lowest BCUT2D eigenvalue weighted by molar-refractivity contribution is -0.111. The first-order valence-electron chi connectivity index (χ1n) is 7.47. The third-order valence-corrected chi connectivity index (χ3v) is 3.28. The Kier molecular flexibility index (Phi) is 6.43. The Bertz CT molecular complexity index is 792. The molecule has 6 nitrogen and oxygen atoms in total. The molecule has 128 valence electrons. The quantitative estimate of drug-likeness (QED) is 0.784. The third-order valence-electron chi connectivity index (χ3n) is 3.28. The van der Waals surface area contributed by atoms with E-state index < -0.39 is 0 Å². The Morgan fingerprint density at radius 1 is 1.12 bits per heavy atom. The average Bonchev–Trinajstić information content (AvgIpc) is 2.65. The predicted molar refractivity (Wildman–Crippen MR) is 94.8 cm³/mol. The van der Waals surface area contributed by atoms with Gasteiger partial charge in [-0.2, -0.15) is 5.26 Å². The van der Waals surface area contributed by atoms with E-state index in [0.717, 1.165) is 5.56 Å². The maximum absolute atomic E-state index is 12.1. The van der Waals surface area contributed by atoms with Crippen molar-refractivity contribution in [3.05, 3.63) is 54.1 Å². The Labute approximate surface area is 146 Å². The molecule has 1 amide bonds. The maximum Gasteiger partial charge on any atom is 0.248 e. The van der Waals surface area contributed by atoms with Crippen molar-refractivity contribution in [2.24, 2.45) is 0 Å². The standard InChI is InChI=1S/C19H18N2O4/c1-23-16-8-9-17(18(13-16)24-2)21-19(22)10-5-14-3-6-15(7-4-14)25-12-11-20/h3-10,13H,12H2,1-2H3,(H,21,22)/b10-5+. The van der Waals surface area contributed by atoms with Gasteiger partial charge in [0.05, 0.1) is 19.9 Å². The van der Waals surface area contributed by atoms with Crippen LogP contribution in [0.4, 0.5) is 5.69 Å². The monoisotopic (exact) mass is 338 g/mol. The van der Waals surface area contributed by atoms with Crippen molar-refractivity contribution < 1.29 is 19.0 Å². The SMILES string of the molecule is COc1ccc(NC(=O)/C=C/c2ccc(OCC#N)cc2)c(OC)c1. The Morgan fingerprint density at radius 2 is 1.84 bits per heavy atom. The van der Waals surface area contributed by atoms with Crippen LogP contribution in [0.2, 0.25) is 0 Å². The summed E-state index contributed by atoms with van der Waals surface area (Å²) in [5, 5.41) is 11.2. The van der Waals surface area contributed by atoms with Gasteiger partial charge in [0.25, 0.3) is 0 Å². The number of nitriles is 1. The number of hydrogen-bond donors (Lipinski definition) is 1. The Morgan fingerprint density at radius 3 is 2.48 bits per heavy atom. The molecule has 0 spiro atoms. The Balaban J connectivity index is 2.00. The summed E-state index contributed by atoms with van der Waals surface area (Å²) in [5.74, 6) is 1.48. The molecule has 0 aromatic heterocycles. The molecule has 2 rings (SSSR count). The van der Waals surface area contributed by atoms with Gasteiger partial charge in [0.15, 0.2) is 6.61 Å². The van der Waals surface area contributed by atoms with Gasteiger partial charge in [-0.05, 0) is 35.9 Å². The zero-order chi connectivity index (χ0) is 18.1. The molecule has 2 aromatic rings. The van der Waals surface area contributed by atoms with Crippen molar-refractivity contribution >= 4 is 17.7 Å². The van der Waals surface area contributed by atoms with Gasteiger partial charge in [-0.1, -0.05) is 12.1 Å². The molecule has 0 atom stereocenters. The molecule has 1 N–H and O–H groups in total. The number of nitrogens with zero attached hydrogens (tertiary/aromatic N) is 1. The molecule has 0 saturated carbocycles. The molecule has 2 aromatic carbocycles. The van der Waals surface area contributed by atoms with E-state index in [1.54, 1.807) is 55.7 Å². The summed E-state index contributed by atoms with van der Waals surface area (Å²) >= 11 is 0. The number of anilines is 1. The van der Waals surface area contributed by atoms with E-state index in [2.05, 4.69) is 5.32 Å². The molecule has 0 fully saturated rings. The van der Waals surface area contributed by atoms with Gasteiger partial charge in [0, 0.05) is 12.1 Å². The van der Waals surface area contributed by atoms with Gasteiger partial charge >= 0.3 is 0 Å². The number of rotatable bonds is 7. The van der Waals surface area contributed by atoms with Gasteiger partial charge in [-0.25, -0.2) is 0 Å². The summed E-state index contributed by atoms with van der Waals surface area (Å²) in [6.45, 7) is 0.00128. The van der Waals surface area contributed by atoms with Gasteiger partial charge in [0.2, 0.25) is 5.91 Å². The molecule has 0 bridgehead atoms. The molecule has 0 heterocycles. The first-order chi connectivity index (χ1) is 12.2. The molecular weight excluding hydrogens is 320 g/mol. The minimum atomic E-state index is -0.284. The summed E-state index contributed by atoms with van der Waals surface area (Å²) in [6, 6.07) is 14.1. The number of carbonyl (C=O) groups is 1. The van der Waals surface area contributed by atoms with E-state index in [4.69, 9.17) is 19.5 Å². The van der Waals surface area contributed by atoms with E-state index in [0.29, 0.717) is 22.9 Å². The molecule has 0 unspecified atom stereocenters. The van der Waals surface area contributed by atoms with Crippen LogP contribution in [0.3, 0.4) is 0 Å². The number of benzene rings is 2. The fourth-order valence-electron chi connectivity index (χ4n) is 2.04. The predicted octanol–water partition coefficient (Wildman–Crippen LogP) is 3.26. The topological polar surface area (TPSA) is 80.6 Å². The fraction of sp³-hybridized carbons (Fsp3) is 0.158. The van der Waals surface area contributed by atoms with Gasteiger partial charge < -0.3 is 19.5 Å². The molecular formula is C19H18N2O4. The summed E-state index contributed by atoms with van der Waals surface area (Å²) in [4.78, 5) is 12.1. The second-order valence-electron chi connectivity index (χ2n) is 4.90. The van der Waals surface area contributed by atoms with Crippen molar-refractivity contribution in [3.63, 3.8) is 0 Å². The van der Waals surface area contributed by atoms with Gasteiger partial charge in [-0.15, -0.1) is 0 Å². The number of methoxy groups -OCH3 is 2. The molecule has 0 radical (unpaired) electrons. The van der Waals surface area contributed by atoms with E-state index in [9.17, 15) is 4.79 Å². The van der Waals surface area contributed by atoms with Crippen LogP contribution in [-0.4, -0.2) is 26.7 Å². The zero-order valence-electron chi connectivity index (χ0n) is 14.0. The average molecular weight is 338 g/mol. The van der Waals surface area contributed by atoms with Crippen LogP contribution in [0.25, 0.3) is 6.08 Å². The van der Waals surface area contributed by atoms with Crippen LogP contribution in [0.1, 0.15) is 5.56 Å². The van der Waals surface area contributed by atoms with Crippen LogP contribution < -0.4 is 19.5 Å². The number of ether oxygens (including phenoxy) is 3. The minimum Gasteiger partial charge on any atom is -0.497 e. The second kappa shape index (κ2) is 8.99. The first kappa shape index (κ1) is 17.9. The summed E-state index contributed by atoms with van der Waals surface area (Å²) < 4.78 is 15.5. The summed E-state index contributed by atoms with van der Waals surface area (Å²) in [5.41, 5.74) is 1.39. The van der Waals surface area contributed by atoms with Crippen LogP contribution in [-0.2, 0) is 4.79 Å². The fourth-order valence-corrected chi connectivity index (χ4v) is 2.04. The Hall–Kier alpha value is -3.46. The molecule has 25 heavy (non-hydrogen) atoms. The molecule has 0 saturated heterocycles. The van der Waals surface area contributed by atoms with Crippen molar-refractivity contribution in [1.82, 2.24) is 0 Å². The normalized spacial score (nSPS) is 10.1. The molecule has 0 aliphatic heterocycles. The van der Waals surface area contributed by atoms with Gasteiger partial charge in [0.1, 0.15) is 23.3 Å². The molecule has 6 heteroatoms. The van der Waals surface area contributed by atoms with Crippen LogP contribution in [0.15, 0.2) is 48.5 Å². The van der Waals surface area contributed by atoms with E-state index in [1.807, 2.05) is 6.07 Å². The van der Waals surface area contributed by atoms with Crippen molar-refractivity contribution in [2.45, 2.75) is 0 Å². The molecule has 0 aliphatic carbocycles.